The Morgan fingerprint density at radius 2 is 0.948 bits per heavy atom. The molecule has 0 N–H and O–H groups in total. The van der Waals surface area contributed by atoms with Crippen molar-refractivity contribution in [3.8, 4) is 5.69 Å². The first-order chi connectivity index (χ1) is 28.7. The fraction of sp³-hybridized carbons (Fsp3) is 0.0185. The minimum atomic E-state index is -3.01. The van der Waals surface area contributed by atoms with Crippen molar-refractivity contribution < 1.29 is 0 Å². The lowest BCUT2D eigenvalue weighted by molar-refractivity contribution is 1.15. The summed E-state index contributed by atoms with van der Waals surface area (Å²) in [6.07, 6.45) is 7.28. The van der Waals surface area contributed by atoms with E-state index in [9.17, 15) is 0 Å². The van der Waals surface area contributed by atoms with Crippen LogP contribution in [0.3, 0.4) is 0 Å². The molecule has 4 heteroatoms. The molecule has 58 heavy (non-hydrogen) atoms. The number of hydrogen-bond acceptors (Lipinski definition) is 1. The van der Waals surface area contributed by atoms with Gasteiger partial charge in [0.05, 0.1) is 22.1 Å². The molecule has 11 aromatic rings. The SMILES string of the molecule is C1=CC(n2c3ccccc3c3cc4c(cc32)sc2ccccc24)=CC=S(c2ccccc2)(c2ccccc2)(c2cccc(-n3c4ccccc4c4ccccc43)c2)C1. The standard InChI is InChI=1S/C54H38N2S2/c1-3-19-40(20-4-1)58(41-21-5-2-6-22-41,42-23-15-17-39(35-42)56-49-28-11-7-24-43(49)44-25-8-12-29-50(44)56)33-16-18-38(32-34-58)55-51-30-13-9-26-45(51)47-36-48-46-27-10-14-31-53(46)57-54(48)37-52(47)55/h1-32,34-37H,33H2. The molecule has 0 spiro atoms. The number of hydrogen-bond donors (Lipinski definition) is 0. The van der Waals surface area contributed by atoms with Crippen LogP contribution in [0.15, 0.2) is 227 Å². The van der Waals surface area contributed by atoms with Gasteiger partial charge in [0.15, 0.2) is 0 Å². The second-order valence-corrected chi connectivity index (χ2v) is 21.0. The molecule has 12 rings (SSSR count). The number of fused-ring (bicyclic) bond motifs is 9. The van der Waals surface area contributed by atoms with Crippen molar-refractivity contribution in [1.82, 2.24) is 9.13 Å². The molecular weight excluding hydrogens is 741 g/mol. The van der Waals surface area contributed by atoms with Crippen molar-refractivity contribution in [2.45, 2.75) is 14.7 Å². The summed E-state index contributed by atoms with van der Waals surface area (Å²) in [6, 6.07) is 72.2. The van der Waals surface area contributed by atoms with E-state index >= 15 is 0 Å². The molecule has 0 saturated heterocycles. The van der Waals surface area contributed by atoms with Crippen molar-refractivity contribution in [1.29, 1.82) is 0 Å². The molecule has 0 radical (unpaired) electrons. The lowest BCUT2D eigenvalue weighted by atomic mass is 10.1. The van der Waals surface area contributed by atoms with Crippen LogP contribution in [0, 0.1) is 0 Å². The van der Waals surface area contributed by atoms with Gasteiger partial charge >= 0.3 is 0 Å². The summed E-state index contributed by atoms with van der Waals surface area (Å²) >= 11 is 1.88. The Labute approximate surface area is 340 Å². The summed E-state index contributed by atoms with van der Waals surface area (Å²) < 4.78 is 7.59. The van der Waals surface area contributed by atoms with Crippen LogP contribution in [0.2, 0.25) is 0 Å². The normalized spacial score (nSPS) is 15.7. The molecule has 0 aliphatic carbocycles. The number of thiophene rings is 1. The Morgan fingerprint density at radius 3 is 1.62 bits per heavy atom. The van der Waals surface area contributed by atoms with E-state index in [-0.39, 0.29) is 0 Å². The quantitative estimate of drug-likeness (QED) is 0.154. The summed E-state index contributed by atoms with van der Waals surface area (Å²) in [5.41, 5.74) is 7.21. The van der Waals surface area contributed by atoms with Crippen LogP contribution in [0.25, 0.3) is 75.2 Å². The van der Waals surface area contributed by atoms with Crippen LogP contribution in [-0.4, -0.2) is 20.3 Å². The highest BCUT2D eigenvalue weighted by Gasteiger charge is 2.39. The number of allylic oxidation sites excluding steroid dienone is 3. The Bertz CT molecular complexity index is 3480. The van der Waals surface area contributed by atoms with Gasteiger partial charge in [-0.15, -0.1) is 11.3 Å². The van der Waals surface area contributed by atoms with Gasteiger partial charge in [0.2, 0.25) is 0 Å². The van der Waals surface area contributed by atoms with E-state index in [4.69, 9.17) is 0 Å². The highest BCUT2D eigenvalue weighted by molar-refractivity contribution is 8.47. The first-order valence-corrected chi connectivity index (χ1v) is 23.0. The molecule has 1 aliphatic rings. The van der Waals surface area contributed by atoms with Crippen LogP contribution in [-0.2, 0) is 0 Å². The van der Waals surface area contributed by atoms with Crippen LogP contribution in [0.1, 0.15) is 0 Å². The molecule has 0 fully saturated rings. The predicted octanol–water partition coefficient (Wildman–Crippen LogP) is 15.0. The third kappa shape index (κ3) is 4.59. The van der Waals surface area contributed by atoms with Gasteiger partial charge in [0, 0.05) is 58.9 Å². The van der Waals surface area contributed by atoms with E-state index in [1.54, 1.807) is 0 Å². The van der Waals surface area contributed by atoms with Gasteiger partial charge in [0.1, 0.15) is 0 Å². The number of aromatic nitrogens is 2. The first-order valence-electron chi connectivity index (χ1n) is 19.9. The first kappa shape index (κ1) is 33.4. The smallest absolute Gasteiger partial charge is 0.0555 e. The van der Waals surface area contributed by atoms with E-state index in [0.29, 0.717) is 0 Å². The fourth-order valence-electron chi connectivity index (χ4n) is 9.82. The molecule has 4 heterocycles. The average molecular weight is 779 g/mol. The van der Waals surface area contributed by atoms with Crippen LogP contribution < -0.4 is 0 Å². The van der Waals surface area contributed by atoms with Crippen LogP contribution in [0.5, 0.6) is 0 Å². The summed E-state index contributed by atoms with van der Waals surface area (Å²) in [4.78, 5) is 3.99. The molecule has 1 aliphatic heterocycles. The van der Waals surface area contributed by atoms with Gasteiger partial charge in [-0.3, -0.25) is 0 Å². The minimum Gasteiger partial charge on any atom is -0.309 e. The molecule has 0 bridgehead atoms. The van der Waals surface area contributed by atoms with E-state index in [2.05, 4.69) is 227 Å². The maximum absolute atomic E-state index is 3.01. The number of nitrogens with zero attached hydrogens (tertiary/aromatic N) is 2. The third-order valence-corrected chi connectivity index (χ3v) is 19.2. The Balaban J connectivity index is 1.18. The van der Waals surface area contributed by atoms with E-state index in [0.717, 1.165) is 11.4 Å². The molecule has 3 aromatic heterocycles. The summed E-state index contributed by atoms with van der Waals surface area (Å²) in [5, 5.41) is 10.4. The van der Waals surface area contributed by atoms with Crippen molar-refractivity contribution in [2.24, 2.45) is 0 Å². The second kappa shape index (κ2) is 12.6. The molecule has 8 aromatic carbocycles. The molecular formula is C54H38N2S2. The van der Waals surface area contributed by atoms with Crippen molar-refractivity contribution in [3.63, 3.8) is 0 Å². The topological polar surface area (TPSA) is 9.86 Å². The highest BCUT2D eigenvalue weighted by Crippen LogP contribution is 2.77. The Kier molecular flexibility index (Phi) is 7.28. The highest BCUT2D eigenvalue weighted by atomic mass is 32.3. The Morgan fingerprint density at radius 1 is 0.397 bits per heavy atom. The van der Waals surface area contributed by atoms with Crippen molar-refractivity contribution in [2.75, 3.05) is 5.75 Å². The molecule has 0 amide bonds. The molecule has 276 valence electrons. The zero-order valence-corrected chi connectivity index (χ0v) is 33.3. The maximum Gasteiger partial charge on any atom is 0.0555 e. The number of para-hydroxylation sites is 3. The third-order valence-electron chi connectivity index (χ3n) is 12.5. The predicted molar refractivity (Wildman–Crippen MR) is 253 cm³/mol. The summed E-state index contributed by atoms with van der Waals surface area (Å²) in [7, 11) is -3.01. The minimum absolute atomic E-state index is 0.833. The van der Waals surface area contributed by atoms with E-state index in [1.165, 1.54) is 84.2 Å². The maximum atomic E-state index is 2.63. The number of rotatable bonds is 5. The van der Waals surface area contributed by atoms with Crippen LogP contribution in [0.4, 0.5) is 0 Å². The van der Waals surface area contributed by atoms with Crippen molar-refractivity contribution >= 4 is 94.9 Å². The average Bonchev–Trinajstić information content (AvgIpc) is 3.88. The van der Waals surface area contributed by atoms with Crippen molar-refractivity contribution in [3.05, 3.63) is 212 Å². The van der Waals surface area contributed by atoms with Gasteiger partial charge < -0.3 is 9.13 Å². The number of benzene rings is 8. The molecule has 0 saturated carbocycles. The van der Waals surface area contributed by atoms with Gasteiger partial charge in [-0.05, 0) is 111 Å². The van der Waals surface area contributed by atoms with Gasteiger partial charge in [-0.25, -0.2) is 0 Å². The molecule has 2 nitrogen and oxygen atoms in total. The molecule has 0 atom stereocenters. The van der Waals surface area contributed by atoms with Gasteiger partial charge in [-0.2, -0.15) is 8.75 Å². The lowest BCUT2D eigenvalue weighted by Gasteiger charge is -2.51. The van der Waals surface area contributed by atoms with Gasteiger partial charge in [0.25, 0.3) is 0 Å². The zero-order chi connectivity index (χ0) is 38.3. The fourth-order valence-corrected chi connectivity index (χ4v) is 16.2. The lowest BCUT2D eigenvalue weighted by Crippen LogP contribution is -2.17. The summed E-state index contributed by atoms with van der Waals surface area (Å²) in [5.74, 6) is 0.833. The van der Waals surface area contributed by atoms with E-state index in [1.807, 2.05) is 11.3 Å². The Hall–Kier alpha value is -6.72. The second-order valence-electron chi connectivity index (χ2n) is 15.4. The summed E-state index contributed by atoms with van der Waals surface area (Å²) in [6.45, 7) is 0. The zero-order valence-electron chi connectivity index (χ0n) is 31.7. The molecule has 0 unspecified atom stereocenters. The van der Waals surface area contributed by atoms with Crippen LogP contribution >= 0.6 is 20.1 Å². The van der Waals surface area contributed by atoms with E-state index < -0.39 is 8.75 Å². The largest absolute Gasteiger partial charge is 0.309 e. The monoisotopic (exact) mass is 778 g/mol. The van der Waals surface area contributed by atoms with Gasteiger partial charge in [-0.1, -0.05) is 121 Å².